The first-order valence-corrected chi connectivity index (χ1v) is 0. The Balaban J connectivity index is 0. The van der Waals surface area contributed by atoms with Gasteiger partial charge in [0.2, 0.25) is 0 Å². The Bertz CT molecular complexity index is 3.61. The van der Waals surface area contributed by atoms with Gasteiger partial charge in [-0.25, -0.2) is 0 Å². The second-order valence-electron chi connectivity index (χ2n) is 0. The SMILES string of the molecule is O.O.[Ce+4].[O-2].[O-2]. The smallest absolute Gasteiger partial charge is 2.00 e. The van der Waals surface area contributed by atoms with E-state index in [9.17, 15) is 0 Å². The molecule has 0 rings (SSSR count). The first kappa shape index (κ1) is 114. The summed E-state index contributed by atoms with van der Waals surface area (Å²) in [5.74, 6) is 0. The van der Waals surface area contributed by atoms with Crippen molar-refractivity contribution < 1.29 is 63.7 Å². The summed E-state index contributed by atoms with van der Waals surface area (Å²) in [5, 5.41) is 0. The summed E-state index contributed by atoms with van der Waals surface area (Å²) in [4.78, 5) is 0. The molecule has 0 aliphatic carbocycles. The summed E-state index contributed by atoms with van der Waals surface area (Å²) >= 11 is 0. The molecular formula is H4CeO4. The second-order valence-corrected chi connectivity index (χ2v) is 0. The molecule has 0 aliphatic rings. The quantitative estimate of drug-likeness (QED) is 0.442. The van der Waals surface area contributed by atoms with Crippen molar-refractivity contribution in [3.63, 3.8) is 0 Å². The van der Waals surface area contributed by atoms with Crippen molar-refractivity contribution in [1.82, 2.24) is 0 Å². The average Bonchev–Trinajstić information content (AvgIpc) is 0. The van der Waals surface area contributed by atoms with E-state index in [-0.39, 0.29) is 63.7 Å². The van der Waals surface area contributed by atoms with Crippen molar-refractivity contribution in [2.75, 3.05) is 0 Å². The molecule has 0 aromatic rings. The maximum atomic E-state index is 0. The van der Waals surface area contributed by atoms with Crippen LogP contribution < -0.4 is 0 Å². The van der Waals surface area contributed by atoms with E-state index in [0.717, 1.165) is 0 Å². The Morgan fingerprint density at radius 3 is 0.600 bits per heavy atom. The fourth-order valence-corrected chi connectivity index (χ4v) is 0. The third kappa shape index (κ3) is 36.5. The fraction of sp³-hybridized carbons (Fsp3) is 0. The topological polar surface area (TPSA) is 120 Å². The van der Waals surface area contributed by atoms with Gasteiger partial charge < -0.3 is 21.9 Å². The van der Waals surface area contributed by atoms with E-state index in [1.165, 1.54) is 0 Å². The molecule has 5 heteroatoms. The van der Waals surface area contributed by atoms with Crippen molar-refractivity contribution >= 4 is 0 Å². The Morgan fingerprint density at radius 2 is 0.600 bits per heavy atom. The van der Waals surface area contributed by atoms with E-state index >= 15 is 0 Å². The van der Waals surface area contributed by atoms with Gasteiger partial charge in [0.15, 0.2) is 0 Å². The van der Waals surface area contributed by atoms with E-state index in [1.54, 1.807) is 0 Å². The van der Waals surface area contributed by atoms with Crippen molar-refractivity contribution in [2.45, 2.75) is 0 Å². The monoisotopic (exact) mass is 208 g/mol. The van der Waals surface area contributed by atoms with Crippen molar-refractivity contribution in [2.24, 2.45) is 0 Å². The van der Waals surface area contributed by atoms with Gasteiger partial charge in [-0.05, 0) is 0 Å². The summed E-state index contributed by atoms with van der Waals surface area (Å²) in [5.41, 5.74) is 0. The summed E-state index contributed by atoms with van der Waals surface area (Å²) in [7, 11) is 0. The van der Waals surface area contributed by atoms with Gasteiger partial charge in [0.1, 0.15) is 0 Å². The molecule has 0 spiro atoms. The largest absolute Gasteiger partial charge is 4.00 e. The van der Waals surface area contributed by atoms with Crippen LogP contribution in [0.15, 0.2) is 0 Å². The van der Waals surface area contributed by atoms with Crippen LogP contribution in [0.1, 0.15) is 0 Å². The summed E-state index contributed by atoms with van der Waals surface area (Å²) in [6.45, 7) is 0. The molecule has 0 aliphatic heterocycles. The molecule has 4 nitrogen and oxygen atoms in total. The van der Waals surface area contributed by atoms with Gasteiger partial charge in [-0.1, -0.05) is 0 Å². The predicted octanol–water partition coefficient (Wildman–Crippen LogP) is -1.89. The minimum absolute atomic E-state index is 0. The first-order valence-electron chi connectivity index (χ1n) is 0. The molecule has 0 bridgehead atoms. The zero-order valence-corrected chi connectivity index (χ0v) is 5.46. The van der Waals surface area contributed by atoms with Crippen molar-refractivity contribution in [3.05, 3.63) is 0 Å². The second kappa shape index (κ2) is 62.7. The molecule has 32 valence electrons. The Labute approximate surface area is 63.2 Å². The van der Waals surface area contributed by atoms with E-state index in [0.29, 0.717) is 0 Å². The van der Waals surface area contributed by atoms with Crippen LogP contribution in [0.4, 0.5) is 0 Å². The molecule has 0 aromatic carbocycles. The van der Waals surface area contributed by atoms with Crippen LogP contribution in [-0.2, 0) is 11.0 Å². The molecule has 0 amide bonds. The van der Waals surface area contributed by atoms with Gasteiger partial charge in [-0.3, -0.25) is 0 Å². The van der Waals surface area contributed by atoms with Crippen LogP contribution in [-0.4, -0.2) is 11.0 Å². The maximum absolute atomic E-state index is 0. The number of rotatable bonds is 0. The number of hydrogen-bond donors (Lipinski definition) is 0. The average molecular weight is 208 g/mol. The zero-order chi connectivity index (χ0) is 0. The summed E-state index contributed by atoms with van der Waals surface area (Å²) < 4.78 is 0. The van der Waals surface area contributed by atoms with Gasteiger partial charge in [-0.15, -0.1) is 0 Å². The molecule has 5 heavy (non-hydrogen) atoms. The third-order valence-corrected chi connectivity index (χ3v) is 0. The summed E-state index contributed by atoms with van der Waals surface area (Å²) in [6, 6.07) is 0. The molecule has 4 N–H and O–H groups in total. The predicted molar refractivity (Wildman–Crippen MR) is 8.60 cm³/mol. The molecule has 0 unspecified atom stereocenters. The van der Waals surface area contributed by atoms with Gasteiger partial charge in [0.25, 0.3) is 0 Å². The standard InChI is InChI=1S/Ce.2H2O.2O/h;2*1H2;;/q+4;;;2*-2. The Morgan fingerprint density at radius 1 is 0.600 bits per heavy atom. The van der Waals surface area contributed by atoms with E-state index < -0.39 is 0 Å². The van der Waals surface area contributed by atoms with Gasteiger partial charge in [0, 0.05) is 0 Å². The molecule has 0 radical (unpaired) electrons. The summed E-state index contributed by atoms with van der Waals surface area (Å²) in [6.07, 6.45) is 0. The molecule has 0 heterocycles. The van der Waals surface area contributed by atoms with E-state index in [4.69, 9.17) is 0 Å². The normalized spacial score (nSPS) is 0. The first-order chi connectivity index (χ1) is 0. The molecule has 0 fully saturated rings. The minimum Gasteiger partial charge on any atom is -2.00 e. The van der Waals surface area contributed by atoms with Gasteiger partial charge in [-0.2, -0.15) is 0 Å². The molecule has 0 aromatic heterocycles. The zero-order valence-electron chi connectivity index (χ0n) is 2.32. The van der Waals surface area contributed by atoms with Crippen LogP contribution in [0, 0.1) is 41.7 Å². The Kier molecular flexibility index (Phi) is 1430. The van der Waals surface area contributed by atoms with Crippen molar-refractivity contribution in [1.29, 1.82) is 0 Å². The molecular weight excluding hydrogens is 204 g/mol. The van der Waals surface area contributed by atoms with Crippen molar-refractivity contribution in [3.8, 4) is 0 Å². The van der Waals surface area contributed by atoms with Crippen LogP contribution in [0.3, 0.4) is 0 Å². The van der Waals surface area contributed by atoms with Gasteiger partial charge in [0.05, 0.1) is 0 Å². The maximum Gasteiger partial charge on any atom is 4.00 e. The fourth-order valence-electron chi connectivity index (χ4n) is 0. The number of hydrogen-bond acceptors (Lipinski definition) is 0. The minimum atomic E-state index is 0. The van der Waals surface area contributed by atoms with Crippen LogP contribution in [0.2, 0.25) is 0 Å². The third-order valence-electron chi connectivity index (χ3n) is 0. The molecule has 0 saturated heterocycles. The molecule has 0 atom stereocenters. The Hall–Kier alpha value is 1.22. The molecule has 0 saturated carbocycles. The van der Waals surface area contributed by atoms with E-state index in [1.807, 2.05) is 0 Å². The van der Waals surface area contributed by atoms with Gasteiger partial charge >= 0.3 is 41.7 Å². The van der Waals surface area contributed by atoms with Crippen LogP contribution >= 0.6 is 0 Å². The van der Waals surface area contributed by atoms with Crippen LogP contribution in [0.25, 0.3) is 0 Å². The van der Waals surface area contributed by atoms with Crippen LogP contribution in [0.5, 0.6) is 0 Å². The van der Waals surface area contributed by atoms with E-state index in [2.05, 4.69) is 0 Å².